The van der Waals surface area contributed by atoms with E-state index in [1.54, 1.807) is 0 Å². The van der Waals surface area contributed by atoms with Crippen LogP contribution in [0.15, 0.2) is 10.6 Å². The molecule has 0 saturated heterocycles. The average molecular weight is 280 g/mol. The summed E-state index contributed by atoms with van der Waals surface area (Å²) in [6.07, 6.45) is 1.61. The molecule has 0 radical (unpaired) electrons. The van der Waals surface area contributed by atoms with Gasteiger partial charge in [0.25, 0.3) is 0 Å². The Balaban J connectivity index is 1.99. The first-order chi connectivity index (χ1) is 9.32. The van der Waals surface area contributed by atoms with Gasteiger partial charge < -0.3 is 14.9 Å². The van der Waals surface area contributed by atoms with Crippen molar-refractivity contribution in [3.63, 3.8) is 0 Å². The van der Waals surface area contributed by atoms with Gasteiger partial charge in [0.2, 0.25) is 0 Å². The first kappa shape index (κ1) is 15.0. The maximum absolute atomic E-state index is 11.4. The van der Waals surface area contributed by atoms with Crippen molar-refractivity contribution >= 4 is 5.97 Å². The number of aromatic nitrogens is 1. The summed E-state index contributed by atoms with van der Waals surface area (Å²) in [7, 11) is 0. The van der Waals surface area contributed by atoms with Crippen molar-refractivity contribution in [1.29, 1.82) is 0 Å². The van der Waals surface area contributed by atoms with E-state index in [-0.39, 0.29) is 11.3 Å². The highest BCUT2D eigenvalue weighted by atomic mass is 16.5. The highest BCUT2D eigenvalue weighted by Crippen LogP contribution is 2.45. The van der Waals surface area contributed by atoms with Crippen LogP contribution in [-0.2, 0) is 11.3 Å². The molecule has 5 nitrogen and oxygen atoms in total. The van der Waals surface area contributed by atoms with Crippen LogP contribution < -0.4 is 5.32 Å². The molecule has 3 atom stereocenters. The minimum absolute atomic E-state index is 0.207. The quantitative estimate of drug-likeness (QED) is 0.886. The highest BCUT2D eigenvalue weighted by Gasteiger charge is 2.46. The van der Waals surface area contributed by atoms with Gasteiger partial charge in [0, 0.05) is 18.7 Å². The van der Waals surface area contributed by atoms with Crippen LogP contribution in [0.5, 0.6) is 0 Å². The van der Waals surface area contributed by atoms with Gasteiger partial charge in [0.05, 0.1) is 11.6 Å². The zero-order chi connectivity index (χ0) is 14.9. The van der Waals surface area contributed by atoms with Crippen molar-refractivity contribution in [2.75, 3.05) is 0 Å². The predicted molar refractivity (Wildman–Crippen MR) is 75.2 cm³/mol. The number of nitrogens with zero attached hydrogens (tertiary/aromatic N) is 1. The third-order valence-corrected chi connectivity index (χ3v) is 4.96. The molecule has 1 aliphatic rings. The van der Waals surface area contributed by atoms with E-state index in [0.29, 0.717) is 18.5 Å². The van der Waals surface area contributed by atoms with Gasteiger partial charge in [-0.1, -0.05) is 25.9 Å². The van der Waals surface area contributed by atoms with Gasteiger partial charge in [-0.05, 0) is 31.1 Å². The van der Waals surface area contributed by atoms with Gasteiger partial charge in [0.15, 0.2) is 0 Å². The largest absolute Gasteiger partial charge is 0.481 e. The maximum Gasteiger partial charge on any atom is 0.307 e. The van der Waals surface area contributed by atoms with E-state index in [2.05, 4.69) is 31.2 Å². The van der Waals surface area contributed by atoms with Gasteiger partial charge >= 0.3 is 5.97 Å². The topological polar surface area (TPSA) is 75.4 Å². The monoisotopic (exact) mass is 280 g/mol. The molecule has 5 heteroatoms. The minimum Gasteiger partial charge on any atom is -0.481 e. The number of aryl methyl sites for hydroxylation is 1. The van der Waals surface area contributed by atoms with E-state index in [4.69, 9.17) is 4.52 Å². The second-order valence-electron chi connectivity index (χ2n) is 6.49. The molecule has 0 aliphatic heterocycles. The van der Waals surface area contributed by atoms with E-state index < -0.39 is 5.97 Å². The summed E-state index contributed by atoms with van der Waals surface area (Å²) in [5.74, 6) is 0.174. The van der Waals surface area contributed by atoms with Crippen molar-refractivity contribution in [2.45, 2.75) is 53.1 Å². The third kappa shape index (κ3) is 2.87. The number of hydrogen-bond acceptors (Lipinski definition) is 4. The Labute approximate surface area is 119 Å². The lowest BCUT2D eigenvalue weighted by Gasteiger charge is -2.46. The van der Waals surface area contributed by atoms with Crippen molar-refractivity contribution in [3.05, 3.63) is 17.5 Å². The Morgan fingerprint density at radius 1 is 1.55 bits per heavy atom. The van der Waals surface area contributed by atoms with Crippen LogP contribution in [0, 0.1) is 24.2 Å². The SMILES string of the molecule is Cc1cc(CNC2CCC(C(=O)O)C(C)(C)C2C)no1. The Bertz CT molecular complexity index is 481. The van der Waals surface area contributed by atoms with Crippen LogP contribution in [0.2, 0.25) is 0 Å². The Kier molecular flexibility index (Phi) is 4.18. The summed E-state index contributed by atoms with van der Waals surface area (Å²) >= 11 is 0. The van der Waals surface area contributed by atoms with Gasteiger partial charge in [0.1, 0.15) is 5.76 Å². The molecule has 0 bridgehead atoms. The van der Waals surface area contributed by atoms with E-state index in [0.717, 1.165) is 24.3 Å². The molecule has 2 rings (SSSR count). The summed E-state index contributed by atoms with van der Waals surface area (Å²) in [5, 5.41) is 16.8. The van der Waals surface area contributed by atoms with Crippen LogP contribution in [0.3, 0.4) is 0 Å². The molecule has 0 aromatic carbocycles. The summed E-state index contributed by atoms with van der Waals surface area (Å²) in [6.45, 7) is 8.80. The van der Waals surface area contributed by atoms with Crippen molar-refractivity contribution in [1.82, 2.24) is 10.5 Å². The molecule has 3 unspecified atom stereocenters. The predicted octanol–water partition coefficient (Wildman–Crippen LogP) is 2.60. The minimum atomic E-state index is -0.674. The second kappa shape index (κ2) is 5.56. The van der Waals surface area contributed by atoms with Gasteiger partial charge in [-0.2, -0.15) is 0 Å². The fourth-order valence-corrected chi connectivity index (χ4v) is 3.26. The van der Waals surface area contributed by atoms with Crippen LogP contribution in [0.25, 0.3) is 0 Å². The molecule has 1 fully saturated rings. The van der Waals surface area contributed by atoms with Crippen LogP contribution >= 0.6 is 0 Å². The summed E-state index contributed by atoms with van der Waals surface area (Å²) in [6, 6.07) is 2.24. The number of carbonyl (C=O) groups is 1. The number of carboxylic acid groups (broad SMARTS) is 1. The Morgan fingerprint density at radius 2 is 2.25 bits per heavy atom. The number of hydrogen-bond donors (Lipinski definition) is 2. The van der Waals surface area contributed by atoms with Gasteiger partial charge in [-0.15, -0.1) is 0 Å². The molecule has 2 N–H and O–H groups in total. The van der Waals surface area contributed by atoms with E-state index >= 15 is 0 Å². The first-order valence-electron chi connectivity index (χ1n) is 7.20. The molecule has 1 aromatic heterocycles. The van der Waals surface area contributed by atoms with E-state index in [1.807, 2.05) is 13.0 Å². The van der Waals surface area contributed by atoms with Crippen molar-refractivity contribution < 1.29 is 14.4 Å². The lowest BCUT2D eigenvalue weighted by Crippen LogP contribution is -2.50. The molecule has 20 heavy (non-hydrogen) atoms. The molecule has 0 spiro atoms. The fraction of sp³-hybridized carbons (Fsp3) is 0.733. The lowest BCUT2D eigenvalue weighted by atomic mass is 9.61. The summed E-state index contributed by atoms with van der Waals surface area (Å²) in [4.78, 5) is 11.4. The summed E-state index contributed by atoms with van der Waals surface area (Å²) in [5.41, 5.74) is 0.689. The third-order valence-electron chi connectivity index (χ3n) is 4.96. The second-order valence-corrected chi connectivity index (χ2v) is 6.49. The average Bonchev–Trinajstić information content (AvgIpc) is 2.76. The standard InChI is InChI=1S/C15H24N2O3/c1-9-7-11(17-20-9)8-16-13-6-5-12(14(18)19)15(3,4)10(13)2/h7,10,12-13,16H,5-6,8H2,1-4H3,(H,18,19). The molecule has 1 saturated carbocycles. The first-order valence-corrected chi connectivity index (χ1v) is 7.20. The molecule has 1 aromatic rings. The molecule has 112 valence electrons. The molecule has 1 heterocycles. The Morgan fingerprint density at radius 3 is 2.80 bits per heavy atom. The number of carboxylic acids is 1. The van der Waals surface area contributed by atoms with Crippen molar-refractivity contribution in [2.24, 2.45) is 17.3 Å². The van der Waals surface area contributed by atoms with Crippen LogP contribution in [-0.4, -0.2) is 22.3 Å². The van der Waals surface area contributed by atoms with E-state index in [1.165, 1.54) is 0 Å². The fourth-order valence-electron chi connectivity index (χ4n) is 3.26. The zero-order valence-electron chi connectivity index (χ0n) is 12.6. The smallest absolute Gasteiger partial charge is 0.307 e. The molecule has 1 aliphatic carbocycles. The number of aliphatic carboxylic acids is 1. The molecular weight excluding hydrogens is 256 g/mol. The van der Waals surface area contributed by atoms with Crippen LogP contribution in [0.1, 0.15) is 45.1 Å². The Hall–Kier alpha value is -1.36. The van der Waals surface area contributed by atoms with E-state index in [9.17, 15) is 9.90 Å². The van der Waals surface area contributed by atoms with Crippen molar-refractivity contribution in [3.8, 4) is 0 Å². The molecule has 0 amide bonds. The van der Waals surface area contributed by atoms with Crippen LogP contribution in [0.4, 0.5) is 0 Å². The highest BCUT2D eigenvalue weighted by molar-refractivity contribution is 5.71. The normalized spacial score (nSPS) is 29.3. The van der Waals surface area contributed by atoms with Gasteiger partial charge in [-0.3, -0.25) is 4.79 Å². The molecular formula is C15H24N2O3. The maximum atomic E-state index is 11.4. The number of nitrogens with one attached hydrogen (secondary N) is 1. The zero-order valence-corrected chi connectivity index (χ0v) is 12.6. The summed E-state index contributed by atoms with van der Waals surface area (Å²) < 4.78 is 5.05. The number of rotatable bonds is 4. The van der Waals surface area contributed by atoms with Gasteiger partial charge in [-0.25, -0.2) is 0 Å². The lowest BCUT2D eigenvalue weighted by molar-refractivity contribution is -0.150.